The number of hydrogen-bond acceptors (Lipinski definition) is 4. The van der Waals surface area contributed by atoms with Gasteiger partial charge in [0.25, 0.3) is 0 Å². The van der Waals surface area contributed by atoms with Crippen LogP contribution in [0.25, 0.3) is 0 Å². The molecule has 0 saturated heterocycles. The molecule has 0 aromatic carbocycles. The summed E-state index contributed by atoms with van der Waals surface area (Å²) in [6.07, 6.45) is 1.02. The predicted octanol–water partition coefficient (Wildman–Crippen LogP) is 0.741. The van der Waals surface area contributed by atoms with Crippen LogP contribution in [0.3, 0.4) is 0 Å². The largest absolute Gasteiger partial charge is 0.267 e. The molecule has 1 aliphatic rings. The van der Waals surface area contributed by atoms with Gasteiger partial charge in [0, 0.05) is 6.54 Å². The van der Waals surface area contributed by atoms with Crippen molar-refractivity contribution >= 4 is 6.34 Å². The van der Waals surface area contributed by atoms with Crippen LogP contribution in [-0.2, 0) is 0 Å². The standard InChI is InChI=1S/C7H14N4O2/c1-4-9-7(6(2)3)10(5-8-9)11(12)13/h5-7H,4H2,1-3H3. The van der Waals surface area contributed by atoms with E-state index in [0.29, 0.717) is 6.54 Å². The minimum atomic E-state index is -0.427. The lowest BCUT2D eigenvalue weighted by atomic mass is 10.1. The van der Waals surface area contributed by atoms with E-state index in [1.165, 1.54) is 6.34 Å². The molecule has 1 rings (SSSR count). The smallest absolute Gasteiger partial charge is 0.185 e. The number of hydrogen-bond donors (Lipinski definition) is 0. The van der Waals surface area contributed by atoms with Gasteiger partial charge < -0.3 is 0 Å². The Morgan fingerprint density at radius 2 is 2.31 bits per heavy atom. The van der Waals surface area contributed by atoms with Gasteiger partial charge in [0.15, 0.2) is 17.5 Å². The van der Waals surface area contributed by atoms with E-state index in [-0.39, 0.29) is 12.1 Å². The number of rotatable bonds is 3. The van der Waals surface area contributed by atoms with E-state index in [0.717, 1.165) is 5.01 Å². The van der Waals surface area contributed by atoms with Gasteiger partial charge in [0.2, 0.25) is 0 Å². The van der Waals surface area contributed by atoms with Crippen molar-refractivity contribution < 1.29 is 5.03 Å². The van der Waals surface area contributed by atoms with Gasteiger partial charge >= 0.3 is 0 Å². The van der Waals surface area contributed by atoms with Crippen LogP contribution in [-0.4, -0.2) is 34.1 Å². The van der Waals surface area contributed by atoms with Gasteiger partial charge in [-0.1, -0.05) is 18.9 Å². The number of hydrazone groups is 1. The quantitative estimate of drug-likeness (QED) is 0.481. The molecule has 0 radical (unpaired) electrons. The van der Waals surface area contributed by atoms with Crippen LogP contribution in [0.4, 0.5) is 0 Å². The summed E-state index contributed by atoms with van der Waals surface area (Å²) in [5.41, 5.74) is 0. The van der Waals surface area contributed by atoms with Crippen LogP contribution in [0.5, 0.6) is 0 Å². The van der Waals surface area contributed by atoms with Crippen molar-refractivity contribution in [3.63, 3.8) is 0 Å². The lowest BCUT2D eigenvalue weighted by molar-refractivity contribution is -0.640. The fourth-order valence-electron chi connectivity index (χ4n) is 1.45. The molecule has 1 aliphatic heterocycles. The molecule has 1 unspecified atom stereocenters. The third kappa shape index (κ3) is 1.71. The lowest BCUT2D eigenvalue weighted by Crippen LogP contribution is -2.46. The normalized spacial score (nSPS) is 21.7. The first kappa shape index (κ1) is 9.76. The zero-order chi connectivity index (χ0) is 10.0. The number of nitro groups is 1. The maximum absolute atomic E-state index is 10.6. The summed E-state index contributed by atoms with van der Waals surface area (Å²) in [4.78, 5) is 10.6. The molecule has 0 fully saturated rings. The Morgan fingerprint density at radius 3 is 2.69 bits per heavy atom. The van der Waals surface area contributed by atoms with Crippen LogP contribution in [0.2, 0.25) is 0 Å². The first-order valence-electron chi connectivity index (χ1n) is 4.31. The van der Waals surface area contributed by atoms with Crippen molar-refractivity contribution in [2.45, 2.75) is 26.9 Å². The van der Waals surface area contributed by atoms with E-state index in [1.54, 1.807) is 5.01 Å². The molecule has 74 valence electrons. The second kappa shape index (κ2) is 3.59. The highest BCUT2D eigenvalue weighted by atomic mass is 16.7. The highest BCUT2D eigenvalue weighted by Gasteiger charge is 2.37. The third-order valence-electron chi connectivity index (χ3n) is 2.00. The van der Waals surface area contributed by atoms with Gasteiger partial charge in [-0.05, 0) is 12.8 Å². The van der Waals surface area contributed by atoms with Gasteiger partial charge in [-0.25, -0.2) is 10.1 Å². The van der Waals surface area contributed by atoms with E-state index in [4.69, 9.17) is 0 Å². The molecule has 0 amide bonds. The first-order valence-corrected chi connectivity index (χ1v) is 4.31. The molecular weight excluding hydrogens is 172 g/mol. The maximum atomic E-state index is 10.6. The van der Waals surface area contributed by atoms with Gasteiger partial charge in [-0.3, -0.25) is 5.01 Å². The number of hydrazine groups is 1. The van der Waals surface area contributed by atoms with Crippen molar-refractivity contribution in [2.75, 3.05) is 6.54 Å². The average Bonchev–Trinajstić information content (AvgIpc) is 2.46. The van der Waals surface area contributed by atoms with E-state index in [9.17, 15) is 10.1 Å². The second-order valence-electron chi connectivity index (χ2n) is 3.26. The zero-order valence-corrected chi connectivity index (χ0v) is 8.04. The molecule has 13 heavy (non-hydrogen) atoms. The van der Waals surface area contributed by atoms with Crippen molar-refractivity contribution in [1.29, 1.82) is 0 Å². The summed E-state index contributed by atoms with van der Waals surface area (Å²) in [6.45, 7) is 6.50. The molecular formula is C7H14N4O2. The Morgan fingerprint density at radius 1 is 1.69 bits per heavy atom. The maximum Gasteiger partial charge on any atom is 0.185 e. The minimum Gasteiger partial charge on any atom is -0.267 e. The molecule has 0 N–H and O–H groups in total. The Bertz CT molecular complexity index is 229. The highest BCUT2D eigenvalue weighted by molar-refractivity contribution is 5.55. The second-order valence-corrected chi connectivity index (χ2v) is 3.26. The van der Waals surface area contributed by atoms with E-state index in [2.05, 4.69) is 5.10 Å². The van der Waals surface area contributed by atoms with Crippen molar-refractivity contribution in [1.82, 2.24) is 10.0 Å². The monoisotopic (exact) mass is 186 g/mol. The van der Waals surface area contributed by atoms with Gasteiger partial charge in [-0.15, -0.1) is 0 Å². The fraction of sp³-hybridized carbons (Fsp3) is 0.857. The van der Waals surface area contributed by atoms with Crippen molar-refractivity contribution in [3.05, 3.63) is 10.1 Å². The average molecular weight is 186 g/mol. The van der Waals surface area contributed by atoms with E-state index >= 15 is 0 Å². The molecule has 0 aromatic heterocycles. The summed E-state index contributed by atoms with van der Waals surface area (Å²) in [6, 6.07) is 0. The van der Waals surface area contributed by atoms with E-state index < -0.39 is 5.03 Å². The van der Waals surface area contributed by atoms with Gasteiger partial charge in [0.05, 0.1) is 0 Å². The Hall–Kier alpha value is -1.33. The van der Waals surface area contributed by atoms with Crippen LogP contribution < -0.4 is 0 Å². The third-order valence-corrected chi connectivity index (χ3v) is 2.00. The first-order chi connectivity index (χ1) is 6.07. The van der Waals surface area contributed by atoms with Gasteiger partial charge in [-0.2, -0.15) is 5.10 Å². The van der Waals surface area contributed by atoms with Crippen LogP contribution in [0, 0.1) is 16.0 Å². The summed E-state index contributed by atoms with van der Waals surface area (Å²) in [5.74, 6) is 0.174. The van der Waals surface area contributed by atoms with Crippen LogP contribution in [0.1, 0.15) is 20.8 Å². The molecule has 0 saturated carbocycles. The zero-order valence-electron chi connectivity index (χ0n) is 8.04. The molecule has 6 heteroatoms. The lowest BCUT2D eigenvalue weighted by Gasteiger charge is -2.26. The highest BCUT2D eigenvalue weighted by Crippen LogP contribution is 2.19. The van der Waals surface area contributed by atoms with E-state index in [1.807, 2.05) is 20.8 Å². The fourth-order valence-corrected chi connectivity index (χ4v) is 1.45. The molecule has 6 nitrogen and oxygen atoms in total. The van der Waals surface area contributed by atoms with Crippen molar-refractivity contribution in [3.8, 4) is 0 Å². The number of nitrogens with zero attached hydrogens (tertiary/aromatic N) is 4. The summed E-state index contributed by atoms with van der Waals surface area (Å²) in [5, 5.41) is 16.9. The van der Waals surface area contributed by atoms with Crippen molar-refractivity contribution in [2.24, 2.45) is 11.0 Å². The Labute approximate surface area is 76.9 Å². The summed E-state index contributed by atoms with van der Waals surface area (Å²) < 4.78 is 0. The minimum absolute atomic E-state index is 0.174. The van der Waals surface area contributed by atoms with Gasteiger partial charge in [0.1, 0.15) is 0 Å². The van der Waals surface area contributed by atoms with Crippen LogP contribution in [0.15, 0.2) is 5.10 Å². The SMILES string of the molecule is CCN1N=CN([N+](=O)[O-])C1C(C)C. The molecule has 0 spiro atoms. The Balaban J connectivity index is 2.78. The summed E-state index contributed by atoms with van der Waals surface area (Å²) in [7, 11) is 0. The molecule has 0 aliphatic carbocycles. The topological polar surface area (TPSA) is 62.0 Å². The predicted molar refractivity (Wildman–Crippen MR) is 48.3 cm³/mol. The molecule has 0 aromatic rings. The molecule has 1 heterocycles. The Kier molecular flexibility index (Phi) is 2.69. The molecule has 1 atom stereocenters. The summed E-state index contributed by atoms with van der Waals surface area (Å²) >= 11 is 0. The molecule has 0 bridgehead atoms. The van der Waals surface area contributed by atoms with Crippen LogP contribution >= 0.6 is 0 Å².